The molecule has 0 bridgehead atoms. The van der Waals surface area contributed by atoms with Gasteiger partial charge in [0.15, 0.2) is 0 Å². The van der Waals surface area contributed by atoms with E-state index < -0.39 is 0 Å². The highest BCUT2D eigenvalue weighted by Crippen LogP contribution is 2.29. The Morgan fingerprint density at radius 2 is 1.90 bits per heavy atom. The summed E-state index contributed by atoms with van der Waals surface area (Å²) in [5.41, 5.74) is 2.10. The molecule has 2 aromatic carbocycles. The summed E-state index contributed by atoms with van der Waals surface area (Å²) >= 11 is 0. The Morgan fingerprint density at radius 3 is 2.55 bits per heavy atom. The van der Waals surface area contributed by atoms with Gasteiger partial charge in [-0.05, 0) is 49.8 Å². The maximum atomic E-state index is 9.46. The lowest BCUT2D eigenvalue weighted by molar-refractivity contribution is 0.193. The molecule has 0 aliphatic heterocycles. The number of phenolic OH excluding ortho intramolecular Hbond substituents is 1. The first-order chi connectivity index (χ1) is 9.70. The number of aryl methyl sites for hydroxylation is 1. The van der Waals surface area contributed by atoms with Gasteiger partial charge in [-0.1, -0.05) is 30.3 Å². The quantitative estimate of drug-likeness (QED) is 0.845. The van der Waals surface area contributed by atoms with Gasteiger partial charge in [-0.25, -0.2) is 0 Å². The molecule has 1 atom stereocenters. The molecule has 0 saturated carbocycles. The summed E-state index contributed by atoms with van der Waals surface area (Å²) in [6, 6.07) is 15.4. The molecule has 0 aromatic heterocycles. The van der Waals surface area contributed by atoms with Gasteiger partial charge in [0, 0.05) is 6.42 Å². The fourth-order valence-electron chi connectivity index (χ4n) is 2.16. The van der Waals surface area contributed by atoms with Crippen molar-refractivity contribution in [1.82, 2.24) is 5.32 Å². The number of hydrogen-bond donors (Lipinski definition) is 2. The summed E-state index contributed by atoms with van der Waals surface area (Å²) in [5.74, 6) is 1.08. The standard InChI is InChI=1S/C17H21NO2/c1-13-12-15(19)8-9-16(13)20-17(10-11-18-2)14-6-4-3-5-7-14/h3-9,12,17-19H,10-11H2,1-2H3. The van der Waals surface area contributed by atoms with Crippen LogP contribution in [0.3, 0.4) is 0 Å². The van der Waals surface area contributed by atoms with Crippen LogP contribution in [0.1, 0.15) is 23.7 Å². The minimum absolute atomic E-state index is 0.00638. The van der Waals surface area contributed by atoms with Crippen molar-refractivity contribution in [2.24, 2.45) is 0 Å². The Hall–Kier alpha value is -2.00. The molecule has 3 nitrogen and oxygen atoms in total. The van der Waals surface area contributed by atoms with Crippen molar-refractivity contribution >= 4 is 0 Å². The van der Waals surface area contributed by atoms with Crippen LogP contribution in [0.2, 0.25) is 0 Å². The van der Waals surface area contributed by atoms with Crippen LogP contribution < -0.4 is 10.1 Å². The molecule has 1 unspecified atom stereocenters. The molecule has 3 heteroatoms. The fourth-order valence-corrected chi connectivity index (χ4v) is 2.16. The Bertz CT molecular complexity index is 540. The second-order valence-electron chi connectivity index (χ2n) is 4.86. The topological polar surface area (TPSA) is 41.5 Å². The molecule has 0 spiro atoms. The number of nitrogens with one attached hydrogen (secondary N) is 1. The highest BCUT2D eigenvalue weighted by atomic mass is 16.5. The first-order valence-corrected chi connectivity index (χ1v) is 6.86. The van der Waals surface area contributed by atoms with Crippen LogP contribution in [0.5, 0.6) is 11.5 Å². The van der Waals surface area contributed by atoms with E-state index in [0.29, 0.717) is 0 Å². The first-order valence-electron chi connectivity index (χ1n) is 6.86. The summed E-state index contributed by atoms with van der Waals surface area (Å²) in [4.78, 5) is 0. The van der Waals surface area contributed by atoms with Crippen molar-refractivity contribution in [1.29, 1.82) is 0 Å². The smallest absolute Gasteiger partial charge is 0.125 e. The average Bonchev–Trinajstić information content (AvgIpc) is 2.46. The van der Waals surface area contributed by atoms with E-state index in [-0.39, 0.29) is 11.9 Å². The van der Waals surface area contributed by atoms with E-state index in [9.17, 15) is 5.11 Å². The Labute approximate surface area is 120 Å². The van der Waals surface area contributed by atoms with Crippen LogP contribution in [0.4, 0.5) is 0 Å². The van der Waals surface area contributed by atoms with Crippen LogP contribution in [0, 0.1) is 6.92 Å². The predicted molar refractivity (Wildman–Crippen MR) is 81.2 cm³/mol. The lowest BCUT2D eigenvalue weighted by Crippen LogP contribution is -2.16. The molecule has 0 radical (unpaired) electrons. The van der Waals surface area contributed by atoms with E-state index in [0.717, 1.165) is 29.8 Å². The van der Waals surface area contributed by atoms with Gasteiger partial charge in [-0.2, -0.15) is 0 Å². The Kier molecular flexibility index (Phi) is 5.02. The summed E-state index contributed by atoms with van der Waals surface area (Å²) in [6.45, 7) is 2.83. The molecule has 0 fully saturated rings. The van der Waals surface area contributed by atoms with Crippen molar-refractivity contribution in [3.05, 3.63) is 59.7 Å². The molecule has 20 heavy (non-hydrogen) atoms. The molecule has 2 N–H and O–H groups in total. The van der Waals surface area contributed by atoms with E-state index in [2.05, 4.69) is 17.4 Å². The van der Waals surface area contributed by atoms with Crippen molar-refractivity contribution in [3.8, 4) is 11.5 Å². The SMILES string of the molecule is CNCCC(Oc1ccc(O)cc1C)c1ccccc1. The molecular weight excluding hydrogens is 250 g/mol. The molecule has 2 aromatic rings. The lowest BCUT2D eigenvalue weighted by atomic mass is 10.1. The number of ether oxygens (including phenoxy) is 1. The van der Waals surface area contributed by atoms with Crippen LogP contribution in [0.25, 0.3) is 0 Å². The first kappa shape index (κ1) is 14.4. The second kappa shape index (κ2) is 6.96. The fraction of sp³-hybridized carbons (Fsp3) is 0.294. The summed E-state index contributed by atoms with van der Waals surface area (Å²) in [6.07, 6.45) is 0.896. The Morgan fingerprint density at radius 1 is 1.15 bits per heavy atom. The van der Waals surface area contributed by atoms with Gasteiger partial charge in [-0.15, -0.1) is 0 Å². The summed E-state index contributed by atoms with van der Waals surface area (Å²) in [7, 11) is 1.94. The van der Waals surface area contributed by atoms with Gasteiger partial charge in [-0.3, -0.25) is 0 Å². The minimum atomic E-state index is 0.00638. The molecule has 106 valence electrons. The third-order valence-electron chi connectivity index (χ3n) is 3.26. The van der Waals surface area contributed by atoms with Gasteiger partial charge < -0.3 is 15.2 Å². The van der Waals surface area contributed by atoms with Crippen LogP contribution in [-0.2, 0) is 0 Å². The zero-order chi connectivity index (χ0) is 14.4. The molecule has 0 aliphatic carbocycles. The molecule has 0 aliphatic rings. The van der Waals surface area contributed by atoms with E-state index in [4.69, 9.17) is 4.74 Å². The molecule has 0 heterocycles. The van der Waals surface area contributed by atoms with E-state index in [1.54, 1.807) is 12.1 Å². The van der Waals surface area contributed by atoms with Gasteiger partial charge in [0.2, 0.25) is 0 Å². The third-order valence-corrected chi connectivity index (χ3v) is 3.26. The molecule has 0 saturated heterocycles. The normalized spacial score (nSPS) is 12.1. The van der Waals surface area contributed by atoms with Crippen molar-refractivity contribution in [2.75, 3.05) is 13.6 Å². The summed E-state index contributed by atoms with van der Waals surface area (Å²) < 4.78 is 6.14. The van der Waals surface area contributed by atoms with Gasteiger partial charge in [0.05, 0.1) is 0 Å². The molecular formula is C17H21NO2. The number of aromatic hydroxyl groups is 1. The van der Waals surface area contributed by atoms with E-state index >= 15 is 0 Å². The maximum Gasteiger partial charge on any atom is 0.125 e. The highest BCUT2D eigenvalue weighted by molar-refractivity contribution is 5.39. The number of phenols is 1. The van der Waals surface area contributed by atoms with Gasteiger partial charge >= 0.3 is 0 Å². The van der Waals surface area contributed by atoms with Gasteiger partial charge in [0.25, 0.3) is 0 Å². The average molecular weight is 271 g/mol. The van der Waals surface area contributed by atoms with E-state index in [1.165, 1.54) is 0 Å². The number of rotatable bonds is 6. The largest absolute Gasteiger partial charge is 0.508 e. The van der Waals surface area contributed by atoms with Crippen LogP contribution in [-0.4, -0.2) is 18.7 Å². The molecule has 0 amide bonds. The van der Waals surface area contributed by atoms with Crippen molar-refractivity contribution < 1.29 is 9.84 Å². The third kappa shape index (κ3) is 3.75. The maximum absolute atomic E-state index is 9.46. The Balaban J connectivity index is 2.19. The zero-order valence-electron chi connectivity index (χ0n) is 12.0. The monoisotopic (exact) mass is 271 g/mol. The predicted octanol–water partition coefficient (Wildman–Crippen LogP) is 3.43. The molecule has 2 rings (SSSR count). The van der Waals surface area contributed by atoms with Crippen LogP contribution >= 0.6 is 0 Å². The summed E-state index contributed by atoms with van der Waals surface area (Å²) in [5, 5.41) is 12.6. The van der Waals surface area contributed by atoms with Crippen molar-refractivity contribution in [2.45, 2.75) is 19.4 Å². The number of hydrogen-bond acceptors (Lipinski definition) is 3. The number of benzene rings is 2. The zero-order valence-corrected chi connectivity index (χ0v) is 12.0. The lowest BCUT2D eigenvalue weighted by Gasteiger charge is -2.21. The van der Waals surface area contributed by atoms with Crippen molar-refractivity contribution in [3.63, 3.8) is 0 Å². The van der Waals surface area contributed by atoms with E-state index in [1.807, 2.05) is 38.2 Å². The van der Waals surface area contributed by atoms with Crippen LogP contribution in [0.15, 0.2) is 48.5 Å². The van der Waals surface area contributed by atoms with Gasteiger partial charge in [0.1, 0.15) is 17.6 Å². The highest BCUT2D eigenvalue weighted by Gasteiger charge is 2.14. The minimum Gasteiger partial charge on any atom is -0.508 e. The second-order valence-corrected chi connectivity index (χ2v) is 4.86.